The first-order chi connectivity index (χ1) is 11.3. The van der Waals surface area contributed by atoms with Crippen LogP contribution in [0.25, 0.3) is 0 Å². The lowest BCUT2D eigenvalue weighted by atomic mass is 9.46. The smallest absolute Gasteiger partial charge is 0.303 e. The van der Waals surface area contributed by atoms with Crippen LogP contribution in [0, 0.1) is 28.6 Å². The normalized spacial score (nSPS) is 37.5. The fraction of sp³-hybridized carbons (Fsp3) is 0.850. The van der Waals surface area contributed by atoms with Gasteiger partial charge in [0, 0.05) is 11.8 Å². The molecule has 4 nitrogen and oxygen atoms in total. The third-order valence-corrected chi connectivity index (χ3v) is 7.25. The van der Waals surface area contributed by atoms with Crippen molar-refractivity contribution < 1.29 is 20.1 Å². The van der Waals surface area contributed by atoms with Crippen LogP contribution >= 0.6 is 0 Å². The predicted molar refractivity (Wildman–Crippen MR) is 94.6 cm³/mol. The molecule has 0 aromatic rings. The summed E-state index contributed by atoms with van der Waals surface area (Å²) in [6.45, 7) is 6.80. The van der Waals surface area contributed by atoms with Crippen LogP contribution < -0.4 is 0 Å². The van der Waals surface area contributed by atoms with E-state index < -0.39 is 5.97 Å². The molecule has 1 fully saturated rings. The van der Waals surface area contributed by atoms with Crippen LogP contribution in [-0.2, 0) is 4.79 Å². The second-order valence-corrected chi connectivity index (χ2v) is 8.52. The van der Waals surface area contributed by atoms with Crippen molar-refractivity contribution in [1.29, 1.82) is 0 Å². The number of aliphatic carboxylic acids is 1. The lowest BCUT2D eigenvalue weighted by molar-refractivity contribution is -0.138. The molecule has 0 saturated heterocycles. The van der Waals surface area contributed by atoms with E-state index in [-0.39, 0.29) is 36.4 Å². The van der Waals surface area contributed by atoms with Crippen molar-refractivity contribution in [2.75, 3.05) is 13.2 Å². The summed E-state index contributed by atoms with van der Waals surface area (Å²) < 4.78 is 0. The van der Waals surface area contributed by atoms with E-state index in [1.165, 1.54) is 0 Å². The number of hydrogen-bond acceptors (Lipinski definition) is 3. The van der Waals surface area contributed by atoms with Gasteiger partial charge in [0.1, 0.15) is 0 Å². The van der Waals surface area contributed by atoms with Gasteiger partial charge in [-0.25, -0.2) is 0 Å². The average molecular weight is 338 g/mol. The molecule has 5 atom stereocenters. The topological polar surface area (TPSA) is 77.8 Å². The highest BCUT2D eigenvalue weighted by atomic mass is 16.4. The van der Waals surface area contributed by atoms with Gasteiger partial charge in [-0.1, -0.05) is 26.8 Å². The summed E-state index contributed by atoms with van der Waals surface area (Å²) in [7, 11) is 0. The Morgan fingerprint density at radius 2 is 2.08 bits per heavy atom. The number of carbonyl (C=O) groups is 1. The van der Waals surface area contributed by atoms with Gasteiger partial charge in [0.05, 0.1) is 13.2 Å². The van der Waals surface area contributed by atoms with Crippen LogP contribution in [0.15, 0.2) is 11.6 Å². The molecule has 2 rings (SSSR count). The second kappa shape index (κ2) is 7.57. The van der Waals surface area contributed by atoms with Gasteiger partial charge in [-0.2, -0.15) is 0 Å². The van der Waals surface area contributed by atoms with Gasteiger partial charge in [0.15, 0.2) is 0 Å². The van der Waals surface area contributed by atoms with Gasteiger partial charge < -0.3 is 15.3 Å². The molecule has 0 amide bonds. The average Bonchev–Trinajstić information content (AvgIpc) is 2.55. The Morgan fingerprint density at radius 1 is 1.38 bits per heavy atom. The maximum atomic E-state index is 10.9. The molecule has 0 aromatic heterocycles. The fourth-order valence-electron chi connectivity index (χ4n) is 5.46. The van der Waals surface area contributed by atoms with Gasteiger partial charge in [-0.15, -0.1) is 0 Å². The number of carboxylic acids is 1. The fourth-order valence-corrected chi connectivity index (χ4v) is 5.46. The summed E-state index contributed by atoms with van der Waals surface area (Å²) in [5, 5.41) is 29.1. The number of fused-ring (bicyclic) bond motifs is 1. The summed E-state index contributed by atoms with van der Waals surface area (Å²) in [5.74, 6) is 0.366. The summed E-state index contributed by atoms with van der Waals surface area (Å²) in [4.78, 5) is 10.9. The van der Waals surface area contributed by atoms with Crippen molar-refractivity contribution in [3.63, 3.8) is 0 Å². The standard InChI is InChI=1S/C20H34O4/c1-14(11-18(23)24)7-9-19(3)15(2)8-10-20(13-22)16(12-21)5-4-6-17(19)20/h5,14-15,17,21-22H,4,6-13H2,1-3H3,(H,23,24)/t14-,15-,17-,19+,20-/m1/s1. The van der Waals surface area contributed by atoms with Crippen LogP contribution in [0.4, 0.5) is 0 Å². The van der Waals surface area contributed by atoms with E-state index in [1.807, 2.05) is 6.92 Å². The summed E-state index contributed by atoms with van der Waals surface area (Å²) >= 11 is 0. The molecule has 0 aromatic carbocycles. The van der Waals surface area contributed by atoms with Crippen molar-refractivity contribution >= 4 is 5.97 Å². The summed E-state index contributed by atoms with van der Waals surface area (Å²) in [6.07, 6.45) is 8.28. The Balaban J connectivity index is 2.23. The lowest BCUT2D eigenvalue weighted by Crippen LogP contribution is -2.53. The number of aliphatic hydroxyl groups is 2. The quantitative estimate of drug-likeness (QED) is 0.620. The van der Waals surface area contributed by atoms with E-state index in [0.717, 1.165) is 44.1 Å². The van der Waals surface area contributed by atoms with E-state index in [2.05, 4.69) is 19.9 Å². The number of carboxylic acid groups (broad SMARTS) is 1. The zero-order valence-corrected chi connectivity index (χ0v) is 15.4. The van der Waals surface area contributed by atoms with Crippen LogP contribution in [0.2, 0.25) is 0 Å². The van der Waals surface area contributed by atoms with Crippen molar-refractivity contribution in [1.82, 2.24) is 0 Å². The molecular formula is C20H34O4. The van der Waals surface area contributed by atoms with Crippen LogP contribution in [0.3, 0.4) is 0 Å². The van der Waals surface area contributed by atoms with Crippen LogP contribution in [0.5, 0.6) is 0 Å². The Labute approximate surface area is 146 Å². The van der Waals surface area contributed by atoms with Crippen LogP contribution in [0.1, 0.15) is 65.7 Å². The number of hydrogen-bond donors (Lipinski definition) is 3. The van der Waals surface area contributed by atoms with E-state index in [9.17, 15) is 15.0 Å². The van der Waals surface area contributed by atoms with Crippen molar-refractivity contribution in [2.24, 2.45) is 28.6 Å². The minimum Gasteiger partial charge on any atom is -0.481 e. The highest BCUT2D eigenvalue weighted by molar-refractivity contribution is 5.66. The molecule has 0 aliphatic heterocycles. The monoisotopic (exact) mass is 338 g/mol. The van der Waals surface area contributed by atoms with Crippen molar-refractivity contribution in [2.45, 2.75) is 65.7 Å². The van der Waals surface area contributed by atoms with E-state index in [1.54, 1.807) is 0 Å². The number of allylic oxidation sites excluding steroid dienone is 1. The second-order valence-electron chi connectivity index (χ2n) is 8.52. The molecule has 2 aliphatic carbocycles. The lowest BCUT2D eigenvalue weighted by Gasteiger charge is -2.59. The summed E-state index contributed by atoms with van der Waals surface area (Å²) in [6, 6.07) is 0. The number of aliphatic hydroxyl groups excluding tert-OH is 2. The maximum absolute atomic E-state index is 10.9. The van der Waals surface area contributed by atoms with Gasteiger partial charge in [-0.05, 0) is 67.3 Å². The molecule has 2 aliphatic rings. The molecule has 4 heteroatoms. The Hall–Kier alpha value is -0.870. The number of rotatable bonds is 7. The first kappa shape index (κ1) is 19.5. The highest BCUT2D eigenvalue weighted by Crippen LogP contribution is 2.61. The van der Waals surface area contributed by atoms with Gasteiger partial charge in [-0.3, -0.25) is 4.79 Å². The molecule has 0 unspecified atom stereocenters. The predicted octanol–water partition coefficient (Wildman–Crippen LogP) is 3.62. The molecular weight excluding hydrogens is 304 g/mol. The molecule has 0 bridgehead atoms. The summed E-state index contributed by atoms with van der Waals surface area (Å²) in [5.41, 5.74) is 0.838. The largest absolute Gasteiger partial charge is 0.481 e. The SMILES string of the molecule is C[C@H](CC[C@@]1(C)[C@H](C)CC[C@@]2(CO)C(CO)=CCC[C@@H]21)CC(=O)O. The first-order valence-electron chi connectivity index (χ1n) is 9.43. The van der Waals surface area contributed by atoms with E-state index in [0.29, 0.717) is 11.8 Å². The molecule has 1 saturated carbocycles. The van der Waals surface area contributed by atoms with Crippen molar-refractivity contribution in [3.8, 4) is 0 Å². The third kappa shape index (κ3) is 3.41. The zero-order valence-electron chi connectivity index (χ0n) is 15.4. The van der Waals surface area contributed by atoms with Gasteiger partial charge in [0.25, 0.3) is 0 Å². The van der Waals surface area contributed by atoms with E-state index in [4.69, 9.17) is 5.11 Å². The molecule has 0 spiro atoms. The molecule has 0 heterocycles. The van der Waals surface area contributed by atoms with Crippen LogP contribution in [-0.4, -0.2) is 34.5 Å². The maximum Gasteiger partial charge on any atom is 0.303 e. The first-order valence-corrected chi connectivity index (χ1v) is 9.43. The minimum atomic E-state index is -0.725. The van der Waals surface area contributed by atoms with Crippen molar-refractivity contribution in [3.05, 3.63) is 11.6 Å². The Kier molecular flexibility index (Phi) is 6.14. The molecule has 3 N–H and O–H groups in total. The van der Waals surface area contributed by atoms with Gasteiger partial charge in [0.2, 0.25) is 0 Å². The molecule has 24 heavy (non-hydrogen) atoms. The third-order valence-electron chi connectivity index (χ3n) is 7.25. The molecule has 138 valence electrons. The zero-order chi connectivity index (χ0) is 18.0. The highest BCUT2D eigenvalue weighted by Gasteiger charge is 2.55. The van der Waals surface area contributed by atoms with Gasteiger partial charge >= 0.3 is 5.97 Å². The molecule has 0 radical (unpaired) electrons. The Morgan fingerprint density at radius 3 is 2.67 bits per heavy atom. The Bertz CT molecular complexity index is 486. The minimum absolute atomic E-state index is 0.0386. The van der Waals surface area contributed by atoms with E-state index >= 15 is 0 Å².